The average molecular weight is 305 g/mol. The molecule has 2 heterocycles. The van der Waals surface area contributed by atoms with Gasteiger partial charge in [-0.3, -0.25) is 10.1 Å². The molecule has 0 spiro atoms. The number of aryl methyl sites for hydroxylation is 3. The highest BCUT2D eigenvalue weighted by Crippen LogP contribution is 2.24. The molecule has 118 valence electrons. The largest absolute Gasteiger partial charge is 0.481 e. The standard InChI is InChI=1S/C14H19N5O3/c1-5-12-11(14(22-4)18(3)17-12)8-16-13-9(2)6-10(7-15-13)19(20)21/h6-7H,5,8H2,1-4H3,(H,15,16). The Morgan fingerprint density at radius 1 is 1.50 bits per heavy atom. The summed E-state index contributed by atoms with van der Waals surface area (Å²) in [6.45, 7) is 4.30. The quantitative estimate of drug-likeness (QED) is 0.649. The molecule has 0 amide bonds. The fraction of sp³-hybridized carbons (Fsp3) is 0.429. The van der Waals surface area contributed by atoms with Crippen molar-refractivity contribution in [2.24, 2.45) is 7.05 Å². The molecule has 0 unspecified atom stereocenters. The van der Waals surface area contributed by atoms with E-state index in [9.17, 15) is 10.1 Å². The van der Waals surface area contributed by atoms with E-state index in [1.54, 1.807) is 18.7 Å². The van der Waals surface area contributed by atoms with Crippen LogP contribution in [0, 0.1) is 17.0 Å². The van der Waals surface area contributed by atoms with E-state index >= 15 is 0 Å². The van der Waals surface area contributed by atoms with E-state index in [0.29, 0.717) is 18.2 Å². The van der Waals surface area contributed by atoms with Crippen molar-refractivity contribution >= 4 is 11.5 Å². The molecular weight excluding hydrogens is 286 g/mol. The molecule has 0 radical (unpaired) electrons. The molecule has 1 N–H and O–H groups in total. The van der Waals surface area contributed by atoms with Gasteiger partial charge in [-0.05, 0) is 18.9 Å². The molecule has 2 aromatic heterocycles. The second-order valence-electron chi connectivity index (χ2n) is 4.88. The van der Waals surface area contributed by atoms with Crippen LogP contribution in [0.3, 0.4) is 0 Å². The monoisotopic (exact) mass is 305 g/mol. The van der Waals surface area contributed by atoms with Gasteiger partial charge in [0.1, 0.15) is 12.0 Å². The van der Waals surface area contributed by atoms with Crippen molar-refractivity contribution in [2.45, 2.75) is 26.8 Å². The molecule has 2 aromatic rings. The molecule has 0 aliphatic rings. The van der Waals surface area contributed by atoms with Crippen LogP contribution in [0.2, 0.25) is 0 Å². The molecule has 8 nitrogen and oxygen atoms in total. The minimum Gasteiger partial charge on any atom is -0.481 e. The Labute approximate surface area is 128 Å². The van der Waals surface area contributed by atoms with Gasteiger partial charge in [-0.1, -0.05) is 6.92 Å². The summed E-state index contributed by atoms with van der Waals surface area (Å²) < 4.78 is 7.08. The maximum atomic E-state index is 10.7. The number of methoxy groups -OCH3 is 1. The number of nitro groups is 1. The van der Waals surface area contributed by atoms with Crippen LogP contribution in [0.5, 0.6) is 5.88 Å². The first-order valence-corrected chi connectivity index (χ1v) is 6.91. The van der Waals surface area contributed by atoms with Crippen molar-refractivity contribution in [2.75, 3.05) is 12.4 Å². The number of hydrogen-bond acceptors (Lipinski definition) is 6. The van der Waals surface area contributed by atoms with E-state index in [-0.39, 0.29) is 5.69 Å². The zero-order valence-electron chi connectivity index (χ0n) is 13.1. The lowest BCUT2D eigenvalue weighted by Gasteiger charge is -2.09. The van der Waals surface area contributed by atoms with Gasteiger partial charge in [0.15, 0.2) is 0 Å². The summed E-state index contributed by atoms with van der Waals surface area (Å²) >= 11 is 0. The number of pyridine rings is 1. The number of rotatable bonds is 6. The maximum absolute atomic E-state index is 10.7. The normalized spacial score (nSPS) is 10.5. The van der Waals surface area contributed by atoms with Gasteiger partial charge in [0.05, 0.1) is 23.3 Å². The van der Waals surface area contributed by atoms with E-state index in [0.717, 1.165) is 23.2 Å². The summed E-state index contributed by atoms with van der Waals surface area (Å²) in [6, 6.07) is 1.50. The third kappa shape index (κ3) is 3.00. The van der Waals surface area contributed by atoms with Crippen molar-refractivity contribution in [1.82, 2.24) is 14.8 Å². The van der Waals surface area contributed by atoms with Crippen LogP contribution in [-0.4, -0.2) is 26.8 Å². The molecule has 0 aliphatic heterocycles. The molecule has 0 fully saturated rings. The van der Waals surface area contributed by atoms with Crippen LogP contribution < -0.4 is 10.1 Å². The van der Waals surface area contributed by atoms with Crippen LogP contribution >= 0.6 is 0 Å². The summed E-state index contributed by atoms with van der Waals surface area (Å²) in [7, 11) is 3.44. The Kier molecular flexibility index (Phi) is 4.59. The Morgan fingerprint density at radius 2 is 2.23 bits per heavy atom. The number of nitrogens with zero attached hydrogens (tertiary/aromatic N) is 4. The zero-order chi connectivity index (χ0) is 16.3. The van der Waals surface area contributed by atoms with Crippen molar-refractivity contribution in [3.63, 3.8) is 0 Å². The molecule has 0 aliphatic carbocycles. The molecule has 0 saturated carbocycles. The van der Waals surface area contributed by atoms with Crippen molar-refractivity contribution in [3.8, 4) is 5.88 Å². The van der Waals surface area contributed by atoms with Gasteiger partial charge >= 0.3 is 0 Å². The Bertz CT molecular complexity index is 696. The van der Waals surface area contributed by atoms with E-state index in [2.05, 4.69) is 15.4 Å². The number of hydrogen-bond donors (Lipinski definition) is 1. The smallest absolute Gasteiger partial charge is 0.287 e. The molecule has 0 bridgehead atoms. The van der Waals surface area contributed by atoms with E-state index in [1.807, 2.05) is 14.0 Å². The van der Waals surface area contributed by atoms with Gasteiger partial charge in [-0.2, -0.15) is 5.10 Å². The zero-order valence-corrected chi connectivity index (χ0v) is 13.1. The molecule has 22 heavy (non-hydrogen) atoms. The van der Waals surface area contributed by atoms with E-state index in [1.165, 1.54) is 12.3 Å². The van der Waals surface area contributed by atoms with Crippen LogP contribution in [-0.2, 0) is 20.0 Å². The van der Waals surface area contributed by atoms with E-state index < -0.39 is 4.92 Å². The lowest BCUT2D eigenvalue weighted by Crippen LogP contribution is -2.06. The van der Waals surface area contributed by atoms with Crippen molar-refractivity contribution in [1.29, 1.82) is 0 Å². The molecule has 2 rings (SSSR count). The predicted molar refractivity (Wildman–Crippen MR) is 82.1 cm³/mol. The van der Waals surface area contributed by atoms with Crippen LogP contribution in [0.4, 0.5) is 11.5 Å². The highest BCUT2D eigenvalue weighted by molar-refractivity contribution is 5.49. The molecule has 0 atom stereocenters. The molecule has 0 aromatic carbocycles. The highest BCUT2D eigenvalue weighted by Gasteiger charge is 2.16. The van der Waals surface area contributed by atoms with Crippen LogP contribution in [0.1, 0.15) is 23.7 Å². The fourth-order valence-corrected chi connectivity index (χ4v) is 2.34. The minimum atomic E-state index is -0.455. The minimum absolute atomic E-state index is 0.0174. The van der Waals surface area contributed by atoms with Crippen LogP contribution in [0.15, 0.2) is 12.3 Å². The maximum Gasteiger partial charge on any atom is 0.287 e. The van der Waals surface area contributed by atoms with E-state index in [4.69, 9.17) is 4.74 Å². The highest BCUT2D eigenvalue weighted by atomic mass is 16.6. The van der Waals surface area contributed by atoms with Gasteiger partial charge in [-0.25, -0.2) is 9.67 Å². The second kappa shape index (κ2) is 6.42. The summed E-state index contributed by atoms with van der Waals surface area (Å²) in [6.07, 6.45) is 2.04. The topological polar surface area (TPSA) is 95.1 Å². The third-order valence-electron chi connectivity index (χ3n) is 3.41. The molecule has 8 heteroatoms. The SMILES string of the molecule is CCc1nn(C)c(OC)c1CNc1ncc([N+](=O)[O-])cc1C. The van der Waals surface area contributed by atoms with Gasteiger partial charge in [-0.15, -0.1) is 0 Å². The summed E-state index contributed by atoms with van der Waals surface area (Å²) in [5.74, 6) is 1.31. The summed E-state index contributed by atoms with van der Waals surface area (Å²) in [4.78, 5) is 14.4. The number of anilines is 1. The number of nitrogens with one attached hydrogen (secondary N) is 1. The third-order valence-corrected chi connectivity index (χ3v) is 3.41. The summed E-state index contributed by atoms with van der Waals surface area (Å²) in [5.41, 5.74) is 2.62. The Morgan fingerprint density at radius 3 is 2.77 bits per heavy atom. The number of ether oxygens (including phenoxy) is 1. The van der Waals surface area contributed by atoms with Crippen molar-refractivity contribution in [3.05, 3.63) is 39.2 Å². The molecular formula is C14H19N5O3. The summed E-state index contributed by atoms with van der Waals surface area (Å²) in [5, 5.41) is 18.3. The average Bonchev–Trinajstić information content (AvgIpc) is 2.80. The Hall–Kier alpha value is -2.64. The first-order valence-electron chi connectivity index (χ1n) is 6.91. The Balaban J connectivity index is 2.22. The van der Waals surface area contributed by atoms with Gasteiger partial charge in [0.2, 0.25) is 5.88 Å². The van der Waals surface area contributed by atoms with Gasteiger partial charge in [0.25, 0.3) is 5.69 Å². The van der Waals surface area contributed by atoms with Crippen LogP contribution in [0.25, 0.3) is 0 Å². The van der Waals surface area contributed by atoms with Gasteiger partial charge in [0, 0.05) is 19.7 Å². The lowest BCUT2D eigenvalue weighted by molar-refractivity contribution is -0.385. The predicted octanol–water partition coefficient (Wildman–Crippen LogP) is 2.21. The first-order chi connectivity index (χ1) is 10.5. The van der Waals surface area contributed by atoms with Gasteiger partial charge < -0.3 is 10.1 Å². The number of aromatic nitrogens is 3. The first kappa shape index (κ1) is 15.7. The molecule has 0 saturated heterocycles. The van der Waals surface area contributed by atoms with Crippen molar-refractivity contribution < 1.29 is 9.66 Å². The second-order valence-corrected chi connectivity index (χ2v) is 4.88. The fourth-order valence-electron chi connectivity index (χ4n) is 2.34. The lowest BCUT2D eigenvalue weighted by atomic mass is 10.2.